The summed E-state index contributed by atoms with van der Waals surface area (Å²) in [6.07, 6.45) is 2.71. The molecular weight excluding hydrogens is 266 g/mol. The maximum Gasteiger partial charge on any atom is 0.236 e. The average molecular weight is 291 g/mol. The number of nitrogens with zero attached hydrogens (tertiary/aromatic N) is 4. The first-order valence-electron chi connectivity index (χ1n) is 7.58. The van der Waals surface area contributed by atoms with Crippen LogP contribution in [0, 0.1) is 28.6 Å². The van der Waals surface area contributed by atoms with Gasteiger partial charge in [-0.1, -0.05) is 6.92 Å². The molecule has 21 heavy (non-hydrogen) atoms. The van der Waals surface area contributed by atoms with Crippen LogP contribution in [0.3, 0.4) is 0 Å². The van der Waals surface area contributed by atoms with Gasteiger partial charge in [0.25, 0.3) is 0 Å². The van der Waals surface area contributed by atoms with Crippen molar-refractivity contribution in [2.24, 2.45) is 11.7 Å². The third-order valence-electron chi connectivity index (χ3n) is 4.05. The Labute approximate surface area is 127 Å². The molecule has 0 aromatic heterocycles. The van der Waals surface area contributed by atoms with Crippen molar-refractivity contribution in [3.8, 4) is 12.1 Å². The molecular formula is C15H25N5O. The van der Waals surface area contributed by atoms with Crippen molar-refractivity contribution in [2.45, 2.75) is 38.6 Å². The van der Waals surface area contributed by atoms with Gasteiger partial charge in [-0.2, -0.15) is 10.5 Å². The first-order valence-corrected chi connectivity index (χ1v) is 7.58. The van der Waals surface area contributed by atoms with Crippen molar-refractivity contribution >= 4 is 5.91 Å². The van der Waals surface area contributed by atoms with E-state index < -0.39 is 0 Å². The molecule has 0 saturated carbocycles. The molecule has 1 rings (SSSR count). The normalized spacial score (nSPS) is 22.3. The lowest BCUT2D eigenvalue weighted by Crippen LogP contribution is -2.51. The molecule has 0 aromatic carbocycles. The molecule has 116 valence electrons. The van der Waals surface area contributed by atoms with Gasteiger partial charge in [0.1, 0.15) is 0 Å². The lowest BCUT2D eigenvalue weighted by atomic mass is 9.92. The highest BCUT2D eigenvalue weighted by Crippen LogP contribution is 2.21. The average Bonchev–Trinajstić information content (AvgIpc) is 2.49. The van der Waals surface area contributed by atoms with Gasteiger partial charge in [-0.25, -0.2) is 0 Å². The highest BCUT2D eigenvalue weighted by atomic mass is 16.2. The van der Waals surface area contributed by atoms with Crippen LogP contribution in [0.2, 0.25) is 0 Å². The first kappa shape index (κ1) is 17.4. The van der Waals surface area contributed by atoms with E-state index in [4.69, 9.17) is 16.3 Å². The van der Waals surface area contributed by atoms with Crippen molar-refractivity contribution in [3.63, 3.8) is 0 Å². The number of hydrogen-bond acceptors (Lipinski definition) is 5. The molecule has 0 spiro atoms. The summed E-state index contributed by atoms with van der Waals surface area (Å²) in [5.41, 5.74) is 5.82. The van der Waals surface area contributed by atoms with Gasteiger partial charge < -0.3 is 10.6 Å². The highest BCUT2D eigenvalue weighted by Gasteiger charge is 2.28. The molecule has 1 saturated heterocycles. The Balaban J connectivity index is 2.58. The first-order chi connectivity index (χ1) is 10.1. The maximum atomic E-state index is 12.4. The summed E-state index contributed by atoms with van der Waals surface area (Å²) in [7, 11) is 0. The van der Waals surface area contributed by atoms with Gasteiger partial charge in [-0.15, -0.1) is 0 Å². The predicted octanol–water partition coefficient (Wildman–Crippen LogP) is 0.702. The van der Waals surface area contributed by atoms with Crippen LogP contribution >= 0.6 is 0 Å². The van der Waals surface area contributed by atoms with Gasteiger partial charge in [-0.3, -0.25) is 9.69 Å². The zero-order valence-electron chi connectivity index (χ0n) is 12.8. The standard InChI is InChI=1S/C15H25N5O/c1-13-4-9-20(14(10-13)11-18)12-15(21)19(7-2-5-16)8-3-6-17/h13-14H,2-4,7-12,18H2,1H3. The summed E-state index contributed by atoms with van der Waals surface area (Å²) < 4.78 is 0. The number of rotatable bonds is 7. The molecule has 1 aliphatic heterocycles. The monoisotopic (exact) mass is 291 g/mol. The number of hydrogen-bond donors (Lipinski definition) is 1. The van der Waals surface area contributed by atoms with Crippen LogP contribution in [0.25, 0.3) is 0 Å². The van der Waals surface area contributed by atoms with E-state index in [0.717, 1.165) is 19.4 Å². The molecule has 2 N–H and O–H groups in total. The molecule has 2 atom stereocenters. The molecule has 1 aliphatic rings. The molecule has 1 fully saturated rings. The minimum Gasteiger partial charge on any atom is -0.340 e. The van der Waals surface area contributed by atoms with E-state index in [-0.39, 0.29) is 11.9 Å². The summed E-state index contributed by atoms with van der Waals surface area (Å²) in [6, 6.07) is 4.35. The van der Waals surface area contributed by atoms with E-state index in [0.29, 0.717) is 44.9 Å². The SMILES string of the molecule is CC1CCN(CC(=O)N(CCC#N)CCC#N)C(CN)C1. The summed E-state index contributed by atoms with van der Waals surface area (Å²) >= 11 is 0. The number of nitriles is 2. The number of carbonyl (C=O) groups is 1. The fourth-order valence-corrected chi connectivity index (χ4v) is 2.76. The van der Waals surface area contributed by atoms with E-state index >= 15 is 0 Å². The Morgan fingerprint density at radius 1 is 1.33 bits per heavy atom. The van der Waals surface area contributed by atoms with Crippen LogP contribution in [-0.4, -0.2) is 54.5 Å². The zero-order chi connectivity index (χ0) is 15.7. The highest BCUT2D eigenvalue weighted by molar-refractivity contribution is 5.78. The Hall–Kier alpha value is -1.63. The largest absolute Gasteiger partial charge is 0.340 e. The molecule has 1 amide bonds. The van der Waals surface area contributed by atoms with Crippen molar-refractivity contribution in [1.82, 2.24) is 9.80 Å². The van der Waals surface area contributed by atoms with Crippen LogP contribution in [0.15, 0.2) is 0 Å². The predicted molar refractivity (Wildman–Crippen MR) is 79.9 cm³/mol. The second kappa shape index (κ2) is 9.33. The third-order valence-corrected chi connectivity index (χ3v) is 4.05. The number of carbonyl (C=O) groups excluding carboxylic acids is 1. The van der Waals surface area contributed by atoms with Gasteiger partial charge in [-0.05, 0) is 25.3 Å². The lowest BCUT2D eigenvalue weighted by molar-refractivity contribution is -0.133. The fraction of sp³-hybridized carbons (Fsp3) is 0.800. The third kappa shape index (κ3) is 5.71. The molecule has 1 heterocycles. The van der Waals surface area contributed by atoms with Gasteiger partial charge in [0.05, 0.1) is 31.5 Å². The molecule has 0 aromatic rings. The van der Waals surface area contributed by atoms with Gasteiger partial charge >= 0.3 is 0 Å². The van der Waals surface area contributed by atoms with Gasteiger partial charge in [0.2, 0.25) is 5.91 Å². The van der Waals surface area contributed by atoms with Crippen molar-refractivity contribution in [1.29, 1.82) is 10.5 Å². The Bertz CT molecular complexity index is 393. The summed E-state index contributed by atoms with van der Waals surface area (Å²) in [6.45, 7) is 4.80. The molecule has 0 aliphatic carbocycles. The summed E-state index contributed by atoms with van der Waals surface area (Å²) in [5.74, 6) is 0.645. The van der Waals surface area contributed by atoms with Gasteiger partial charge in [0, 0.05) is 25.7 Å². The van der Waals surface area contributed by atoms with Crippen LogP contribution < -0.4 is 5.73 Å². The van der Waals surface area contributed by atoms with Crippen LogP contribution in [0.1, 0.15) is 32.6 Å². The molecule has 6 heteroatoms. The Morgan fingerprint density at radius 2 is 1.95 bits per heavy atom. The van der Waals surface area contributed by atoms with Crippen molar-refractivity contribution in [2.75, 3.05) is 32.7 Å². The number of piperidine rings is 1. The topological polar surface area (TPSA) is 97.1 Å². The van der Waals surface area contributed by atoms with Crippen LogP contribution in [0.5, 0.6) is 0 Å². The molecule has 6 nitrogen and oxygen atoms in total. The number of nitrogens with two attached hydrogens (primary N) is 1. The zero-order valence-corrected chi connectivity index (χ0v) is 12.8. The van der Waals surface area contributed by atoms with Crippen LogP contribution in [0.4, 0.5) is 0 Å². The van der Waals surface area contributed by atoms with E-state index in [1.54, 1.807) is 4.90 Å². The summed E-state index contributed by atoms with van der Waals surface area (Å²) in [5, 5.41) is 17.3. The van der Waals surface area contributed by atoms with Crippen LogP contribution in [-0.2, 0) is 4.79 Å². The van der Waals surface area contributed by atoms with E-state index in [1.165, 1.54) is 0 Å². The smallest absolute Gasteiger partial charge is 0.236 e. The minimum absolute atomic E-state index is 0.00602. The maximum absolute atomic E-state index is 12.4. The second-order valence-corrected chi connectivity index (χ2v) is 5.69. The van der Waals surface area contributed by atoms with E-state index in [1.807, 2.05) is 12.1 Å². The Morgan fingerprint density at radius 3 is 2.48 bits per heavy atom. The Kier molecular flexibility index (Phi) is 7.74. The molecule has 0 bridgehead atoms. The fourth-order valence-electron chi connectivity index (χ4n) is 2.76. The number of amides is 1. The van der Waals surface area contributed by atoms with Crippen molar-refractivity contribution in [3.05, 3.63) is 0 Å². The lowest BCUT2D eigenvalue weighted by Gasteiger charge is -2.38. The second-order valence-electron chi connectivity index (χ2n) is 5.69. The van der Waals surface area contributed by atoms with Crippen molar-refractivity contribution < 1.29 is 4.79 Å². The van der Waals surface area contributed by atoms with E-state index in [2.05, 4.69) is 11.8 Å². The summed E-state index contributed by atoms with van der Waals surface area (Å²) in [4.78, 5) is 16.2. The van der Waals surface area contributed by atoms with Gasteiger partial charge in [0.15, 0.2) is 0 Å². The molecule has 0 radical (unpaired) electrons. The quantitative estimate of drug-likeness (QED) is 0.744. The minimum atomic E-state index is -0.00602. The number of likely N-dealkylation sites (tertiary alicyclic amines) is 1. The molecule has 2 unspecified atom stereocenters. The van der Waals surface area contributed by atoms with E-state index in [9.17, 15) is 4.79 Å².